The number of anilines is 1. The lowest BCUT2D eigenvalue weighted by molar-refractivity contribution is -0.125. The minimum atomic E-state index is 0.0261. The molecule has 2 saturated heterocycles. The Hall–Kier alpha value is -2.85. The number of pyridine rings is 1. The Labute approximate surface area is 177 Å². The lowest BCUT2D eigenvalue weighted by Gasteiger charge is -2.35. The highest BCUT2D eigenvalue weighted by atomic mass is 16.3. The number of furan rings is 1. The van der Waals surface area contributed by atoms with Crippen LogP contribution in [0, 0.1) is 17.2 Å². The highest BCUT2D eigenvalue weighted by Gasteiger charge is 2.28. The fraction of sp³-hybridized carbons (Fsp3) is 0.522. The van der Waals surface area contributed by atoms with Crippen molar-refractivity contribution in [2.45, 2.75) is 38.1 Å². The molecule has 1 unspecified atom stereocenters. The van der Waals surface area contributed by atoms with Crippen LogP contribution in [0.1, 0.15) is 49.5 Å². The second-order valence-electron chi connectivity index (χ2n) is 8.15. The Bertz CT molecular complexity index is 845. The van der Waals surface area contributed by atoms with Crippen molar-refractivity contribution in [3.8, 4) is 6.07 Å². The van der Waals surface area contributed by atoms with Gasteiger partial charge in [-0.2, -0.15) is 5.26 Å². The van der Waals surface area contributed by atoms with Crippen molar-refractivity contribution in [3.63, 3.8) is 0 Å². The van der Waals surface area contributed by atoms with Gasteiger partial charge in [0.2, 0.25) is 5.91 Å². The molecule has 7 heteroatoms. The summed E-state index contributed by atoms with van der Waals surface area (Å²) in [7, 11) is 0. The molecule has 1 atom stereocenters. The number of likely N-dealkylation sites (tertiary alicyclic amines) is 1. The van der Waals surface area contributed by atoms with Crippen molar-refractivity contribution < 1.29 is 9.21 Å². The maximum absolute atomic E-state index is 12.9. The number of hydrogen-bond donors (Lipinski definition) is 1. The van der Waals surface area contributed by atoms with Crippen LogP contribution in [-0.2, 0) is 4.79 Å². The zero-order valence-corrected chi connectivity index (χ0v) is 17.3. The van der Waals surface area contributed by atoms with Crippen molar-refractivity contribution in [1.29, 1.82) is 5.26 Å². The summed E-state index contributed by atoms with van der Waals surface area (Å²) >= 11 is 0. The van der Waals surface area contributed by atoms with Crippen LogP contribution >= 0.6 is 0 Å². The van der Waals surface area contributed by atoms with Crippen LogP contribution in [0.15, 0.2) is 41.1 Å². The summed E-state index contributed by atoms with van der Waals surface area (Å²) < 4.78 is 5.68. The van der Waals surface area contributed by atoms with E-state index in [4.69, 9.17) is 9.68 Å². The van der Waals surface area contributed by atoms with Gasteiger partial charge in [0.1, 0.15) is 17.6 Å². The summed E-state index contributed by atoms with van der Waals surface area (Å²) in [5.41, 5.74) is 0.563. The number of piperidine rings is 2. The molecule has 0 spiro atoms. The molecule has 2 fully saturated rings. The van der Waals surface area contributed by atoms with Gasteiger partial charge >= 0.3 is 0 Å². The molecule has 4 heterocycles. The molecule has 2 aliphatic heterocycles. The van der Waals surface area contributed by atoms with Crippen molar-refractivity contribution in [2.24, 2.45) is 5.92 Å². The highest BCUT2D eigenvalue weighted by Crippen LogP contribution is 2.26. The van der Waals surface area contributed by atoms with Gasteiger partial charge in [0.25, 0.3) is 0 Å². The fourth-order valence-corrected chi connectivity index (χ4v) is 4.47. The molecule has 30 heavy (non-hydrogen) atoms. The largest absolute Gasteiger partial charge is 0.468 e. The van der Waals surface area contributed by atoms with Gasteiger partial charge in [-0.05, 0) is 63.0 Å². The molecule has 158 valence electrons. The van der Waals surface area contributed by atoms with Crippen LogP contribution in [0.4, 0.5) is 5.82 Å². The molecule has 1 N–H and O–H groups in total. The van der Waals surface area contributed by atoms with E-state index >= 15 is 0 Å². The minimum absolute atomic E-state index is 0.0261. The summed E-state index contributed by atoms with van der Waals surface area (Å²) in [6.45, 7) is 4.29. The molecule has 0 radical (unpaired) electrons. The molecule has 1 amide bonds. The first kappa shape index (κ1) is 20.4. The van der Waals surface area contributed by atoms with Gasteiger partial charge in [0.15, 0.2) is 0 Å². The van der Waals surface area contributed by atoms with Crippen molar-refractivity contribution in [3.05, 3.63) is 48.0 Å². The molecule has 2 aliphatic rings. The minimum Gasteiger partial charge on any atom is -0.468 e. The summed E-state index contributed by atoms with van der Waals surface area (Å²) in [4.78, 5) is 21.8. The van der Waals surface area contributed by atoms with E-state index < -0.39 is 0 Å². The SMILES string of the molecule is N#Cc1ccc(N2CCC(C(=O)NCC(c3ccco3)N3CCCCC3)CC2)nc1. The zero-order chi connectivity index (χ0) is 20.8. The first-order valence-electron chi connectivity index (χ1n) is 10.9. The number of nitrogens with one attached hydrogen (secondary N) is 1. The van der Waals surface area contributed by atoms with Crippen LogP contribution in [-0.4, -0.2) is 48.5 Å². The fourth-order valence-electron chi connectivity index (χ4n) is 4.47. The Morgan fingerprint density at radius 1 is 1.20 bits per heavy atom. The van der Waals surface area contributed by atoms with E-state index in [0.29, 0.717) is 12.1 Å². The topological polar surface area (TPSA) is 85.4 Å². The number of nitrogens with zero attached hydrogens (tertiary/aromatic N) is 4. The maximum Gasteiger partial charge on any atom is 0.223 e. The standard InChI is InChI=1S/C23H29N5O2/c24-15-18-6-7-22(25-16-18)28-12-8-19(9-13-28)23(29)26-17-20(21-5-4-14-30-21)27-10-2-1-3-11-27/h4-7,14,16,19-20H,1-3,8-13,17H2,(H,26,29). The van der Waals surface area contributed by atoms with Crippen molar-refractivity contribution >= 4 is 11.7 Å². The van der Waals surface area contributed by atoms with Gasteiger partial charge in [0.05, 0.1) is 17.9 Å². The Kier molecular flexibility index (Phi) is 6.65. The van der Waals surface area contributed by atoms with E-state index in [2.05, 4.69) is 26.2 Å². The number of amides is 1. The predicted molar refractivity (Wildman–Crippen MR) is 114 cm³/mol. The molecular weight excluding hydrogens is 378 g/mol. The van der Waals surface area contributed by atoms with Gasteiger partial charge in [-0.25, -0.2) is 4.98 Å². The van der Waals surface area contributed by atoms with Gasteiger partial charge in [-0.3, -0.25) is 9.69 Å². The summed E-state index contributed by atoms with van der Waals surface area (Å²) in [6, 6.07) is 9.79. The van der Waals surface area contributed by atoms with Crippen LogP contribution in [0.2, 0.25) is 0 Å². The third-order valence-corrected chi connectivity index (χ3v) is 6.24. The summed E-state index contributed by atoms with van der Waals surface area (Å²) in [5.74, 6) is 1.96. The first-order chi connectivity index (χ1) is 14.7. The third kappa shape index (κ3) is 4.82. The van der Waals surface area contributed by atoms with Gasteiger partial charge in [-0.1, -0.05) is 6.42 Å². The third-order valence-electron chi connectivity index (χ3n) is 6.24. The van der Waals surface area contributed by atoms with Crippen molar-refractivity contribution in [2.75, 3.05) is 37.6 Å². The molecular formula is C23H29N5O2. The Morgan fingerprint density at radius 3 is 2.63 bits per heavy atom. The quantitative estimate of drug-likeness (QED) is 0.792. The lowest BCUT2D eigenvalue weighted by atomic mass is 9.95. The molecule has 0 aliphatic carbocycles. The normalized spacial score (nSPS) is 19.2. The zero-order valence-electron chi connectivity index (χ0n) is 17.3. The van der Waals surface area contributed by atoms with E-state index in [0.717, 1.165) is 50.6 Å². The second-order valence-corrected chi connectivity index (χ2v) is 8.15. The van der Waals surface area contributed by atoms with Crippen molar-refractivity contribution in [1.82, 2.24) is 15.2 Å². The van der Waals surface area contributed by atoms with E-state index in [9.17, 15) is 4.79 Å². The van der Waals surface area contributed by atoms with Crippen LogP contribution in [0.3, 0.4) is 0 Å². The molecule has 2 aromatic heterocycles. The van der Waals surface area contributed by atoms with Gasteiger partial charge < -0.3 is 14.6 Å². The van der Waals surface area contributed by atoms with Crippen LogP contribution in [0.25, 0.3) is 0 Å². The molecule has 0 saturated carbocycles. The molecule has 4 rings (SSSR count). The first-order valence-corrected chi connectivity index (χ1v) is 10.9. The van der Waals surface area contributed by atoms with Crippen LogP contribution in [0.5, 0.6) is 0 Å². The van der Waals surface area contributed by atoms with Gasteiger partial charge in [-0.15, -0.1) is 0 Å². The number of hydrogen-bond acceptors (Lipinski definition) is 6. The van der Waals surface area contributed by atoms with E-state index in [-0.39, 0.29) is 17.9 Å². The number of nitriles is 1. The Morgan fingerprint density at radius 2 is 2.00 bits per heavy atom. The van der Waals surface area contributed by atoms with Gasteiger partial charge in [0, 0.05) is 31.7 Å². The predicted octanol–water partition coefficient (Wildman–Crippen LogP) is 3.11. The molecule has 2 aromatic rings. The summed E-state index contributed by atoms with van der Waals surface area (Å²) in [6.07, 6.45) is 8.61. The molecule has 0 aromatic carbocycles. The van der Waals surface area contributed by atoms with Crippen LogP contribution < -0.4 is 10.2 Å². The highest BCUT2D eigenvalue weighted by molar-refractivity contribution is 5.79. The summed E-state index contributed by atoms with van der Waals surface area (Å²) in [5, 5.41) is 12.1. The van der Waals surface area contributed by atoms with E-state index in [1.165, 1.54) is 19.3 Å². The lowest BCUT2D eigenvalue weighted by Crippen LogP contribution is -2.44. The Balaban J connectivity index is 1.30. The molecule has 0 bridgehead atoms. The number of carbonyl (C=O) groups excluding carboxylic acids is 1. The average Bonchev–Trinajstić information content (AvgIpc) is 3.35. The monoisotopic (exact) mass is 407 g/mol. The number of aromatic nitrogens is 1. The molecule has 7 nitrogen and oxygen atoms in total. The number of rotatable bonds is 6. The van der Waals surface area contributed by atoms with E-state index in [1.54, 1.807) is 18.5 Å². The second kappa shape index (κ2) is 9.77. The smallest absolute Gasteiger partial charge is 0.223 e. The number of carbonyl (C=O) groups is 1. The average molecular weight is 408 g/mol. The van der Waals surface area contributed by atoms with E-state index in [1.807, 2.05) is 18.2 Å². The maximum atomic E-state index is 12.9.